The zero-order valence-corrected chi connectivity index (χ0v) is 26.7. The normalized spacial score (nSPS) is 14.2. The summed E-state index contributed by atoms with van der Waals surface area (Å²) in [5.74, 6) is -0.719. The van der Waals surface area contributed by atoms with E-state index in [0.717, 1.165) is 16.2 Å². The largest absolute Gasteiger partial charge is 0.493 e. The summed E-state index contributed by atoms with van der Waals surface area (Å²) >= 11 is 0. The Labute approximate surface area is 275 Å². The van der Waals surface area contributed by atoms with Crippen LogP contribution in [0.25, 0.3) is 32.9 Å². The van der Waals surface area contributed by atoms with E-state index in [1.165, 1.54) is 12.1 Å². The number of nitrogens with zero attached hydrogens (tertiary/aromatic N) is 2. The van der Waals surface area contributed by atoms with Crippen LogP contribution in [-0.4, -0.2) is 32.8 Å². The molecule has 1 aliphatic rings. The second-order valence-corrected chi connectivity index (χ2v) is 12.9. The summed E-state index contributed by atoms with van der Waals surface area (Å²) in [5, 5.41) is 11.5. The van der Waals surface area contributed by atoms with Crippen molar-refractivity contribution in [3.8, 4) is 16.9 Å². The Balaban J connectivity index is 1.69. The van der Waals surface area contributed by atoms with E-state index in [1.807, 2.05) is 6.07 Å². The van der Waals surface area contributed by atoms with Gasteiger partial charge in [-0.15, -0.1) is 0 Å². The van der Waals surface area contributed by atoms with Gasteiger partial charge >= 0.3 is 18.3 Å². The highest BCUT2D eigenvalue weighted by atomic mass is 19.4. The molecule has 5 aromatic rings. The Morgan fingerprint density at radius 3 is 2.27 bits per heavy atom. The predicted octanol–water partition coefficient (Wildman–Crippen LogP) is 8.49. The minimum atomic E-state index is -5.08. The van der Waals surface area contributed by atoms with Crippen LogP contribution in [0.4, 0.5) is 26.3 Å². The van der Waals surface area contributed by atoms with Gasteiger partial charge in [0.05, 0.1) is 40.9 Å². The van der Waals surface area contributed by atoms with Crippen molar-refractivity contribution in [2.24, 2.45) is 0 Å². The fraction of sp³-hybridized carbons (Fsp3) is 0.306. The molecule has 13 heteroatoms. The minimum absolute atomic E-state index is 0.0275. The number of aromatic nitrogens is 2. The highest BCUT2D eigenvalue weighted by Gasteiger charge is 2.37. The third-order valence-electron chi connectivity index (χ3n) is 8.33. The molecule has 6 rings (SSSR count). The number of ether oxygens (including phenoxy) is 2. The fourth-order valence-corrected chi connectivity index (χ4v) is 6.36. The number of benzene rings is 3. The number of aliphatic carboxylic acids is 1. The number of fused-ring (bicyclic) bond motifs is 1. The third kappa shape index (κ3) is 6.46. The lowest BCUT2D eigenvalue weighted by Gasteiger charge is -2.29. The van der Waals surface area contributed by atoms with Crippen LogP contribution in [0.15, 0.2) is 65.6 Å². The molecular formula is C36H30F6N2O5. The van der Waals surface area contributed by atoms with E-state index in [9.17, 15) is 41.0 Å². The minimum Gasteiger partial charge on any atom is -0.493 e. The smallest absolute Gasteiger partial charge is 0.416 e. The molecule has 49 heavy (non-hydrogen) atoms. The molecule has 1 aliphatic heterocycles. The first-order valence-electron chi connectivity index (χ1n) is 15.2. The van der Waals surface area contributed by atoms with Gasteiger partial charge in [-0.3, -0.25) is 9.78 Å². The van der Waals surface area contributed by atoms with Crippen LogP contribution in [0.5, 0.6) is 5.75 Å². The second kappa shape index (κ2) is 11.9. The van der Waals surface area contributed by atoms with Gasteiger partial charge < -0.3 is 19.1 Å². The molecule has 0 bridgehead atoms. The molecule has 0 aliphatic carbocycles. The molecule has 2 aromatic heterocycles. The van der Waals surface area contributed by atoms with Crippen molar-refractivity contribution < 1.29 is 45.7 Å². The maximum atomic E-state index is 13.7. The predicted molar refractivity (Wildman–Crippen MR) is 170 cm³/mol. The van der Waals surface area contributed by atoms with Crippen LogP contribution in [0.1, 0.15) is 60.3 Å². The van der Waals surface area contributed by atoms with Crippen LogP contribution in [0.3, 0.4) is 0 Å². The molecule has 0 fully saturated rings. The number of halogens is 6. The highest BCUT2D eigenvalue weighted by molar-refractivity contribution is 6.08. The lowest BCUT2D eigenvalue weighted by molar-refractivity contribution is -0.160. The maximum Gasteiger partial charge on any atom is 0.416 e. The number of carboxylic acids is 1. The van der Waals surface area contributed by atoms with Crippen molar-refractivity contribution in [3.63, 3.8) is 0 Å². The van der Waals surface area contributed by atoms with Crippen LogP contribution >= 0.6 is 0 Å². The molecular weight excluding hydrogens is 654 g/mol. The van der Waals surface area contributed by atoms with Crippen molar-refractivity contribution in [1.82, 2.24) is 9.55 Å². The van der Waals surface area contributed by atoms with Gasteiger partial charge in [-0.1, -0.05) is 0 Å². The Morgan fingerprint density at radius 1 is 0.980 bits per heavy atom. The van der Waals surface area contributed by atoms with Crippen molar-refractivity contribution >= 4 is 27.8 Å². The van der Waals surface area contributed by atoms with E-state index < -0.39 is 58.8 Å². The first-order chi connectivity index (χ1) is 22.8. The Hall–Kier alpha value is -4.91. The average molecular weight is 685 g/mol. The summed E-state index contributed by atoms with van der Waals surface area (Å²) in [4.78, 5) is 30.9. The number of carbonyl (C=O) groups is 1. The van der Waals surface area contributed by atoms with Gasteiger partial charge in [0.1, 0.15) is 5.75 Å². The number of alkyl halides is 6. The van der Waals surface area contributed by atoms with E-state index in [-0.39, 0.29) is 17.1 Å². The zero-order valence-electron chi connectivity index (χ0n) is 26.7. The fourth-order valence-electron chi connectivity index (χ4n) is 6.36. The lowest BCUT2D eigenvalue weighted by atomic mass is 9.86. The summed E-state index contributed by atoms with van der Waals surface area (Å²) in [5.41, 5.74) is -2.03. The molecule has 1 atom stereocenters. The standard InChI is InChI=1S/C36H30F6N2O5/c1-18-13-25-23(6-8-27(45)44(25)17-19-14-21(35(37,38)39)16-22(15-19)36(40,41)42)30(28(18)32(33(46)47)49-34(2,3)4)24-5-7-26-29-20(10-12-48-26)9-11-43-31(24)29/h5-9,11,13-16,32H,10,12,17H2,1-4H3,(H,46,47)/t32-/m0/s1. The van der Waals surface area contributed by atoms with Crippen molar-refractivity contribution in [3.05, 3.63) is 105 Å². The van der Waals surface area contributed by atoms with E-state index in [1.54, 1.807) is 46.0 Å². The summed E-state index contributed by atoms with van der Waals surface area (Å²) in [7, 11) is 0. The number of aryl methyl sites for hydroxylation is 1. The van der Waals surface area contributed by atoms with Crippen molar-refractivity contribution in [2.75, 3.05) is 6.61 Å². The molecule has 0 spiro atoms. The van der Waals surface area contributed by atoms with Crippen LogP contribution < -0.4 is 10.3 Å². The van der Waals surface area contributed by atoms with Gasteiger partial charge in [-0.25, -0.2) is 4.79 Å². The number of carboxylic acid groups (broad SMARTS) is 1. The molecule has 0 saturated carbocycles. The zero-order chi connectivity index (χ0) is 35.6. The summed E-state index contributed by atoms with van der Waals surface area (Å²) in [6.45, 7) is 6.50. The maximum absolute atomic E-state index is 13.7. The van der Waals surface area contributed by atoms with Crippen LogP contribution in [0, 0.1) is 6.92 Å². The van der Waals surface area contributed by atoms with Gasteiger partial charge in [0, 0.05) is 40.6 Å². The topological polar surface area (TPSA) is 90.7 Å². The Morgan fingerprint density at radius 2 is 1.65 bits per heavy atom. The third-order valence-corrected chi connectivity index (χ3v) is 8.33. The molecule has 7 nitrogen and oxygen atoms in total. The highest BCUT2D eigenvalue weighted by Crippen LogP contribution is 2.45. The number of pyridine rings is 2. The number of hydrogen-bond donors (Lipinski definition) is 1. The molecule has 0 amide bonds. The van der Waals surface area contributed by atoms with E-state index in [2.05, 4.69) is 4.98 Å². The summed E-state index contributed by atoms with van der Waals surface area (Å²) < 4.78 is 95.3. The second-order valence-electron chi connectivity index (χ2n) is 12.9. The summed E-state index contributed by atoms with van der Waals surface area (Å²) in [6, 6.07) is 10.6. The SMILES string of the molecule is Cc1cc2c(ccc(=O)n2Cc2cc(C(F)(F)F)cc(C(F)(F)F)c2)c(-c2ccc3c4c(ccnc24)CCO3)c1[C@H](OC(C)(C)C)C(=O)O. The first-order valence-corrected chi connectivity index (χ1v) is 15.2. The number of rotatable bonds is 6. The quantitative estimate of drug-likeness (QED) is 0.181. The van der Waals surface area contributed by atoms with Gasteiger partial charge in [0.25, 0.3) is 5.56 Å². The van der Waals surface area contributed by atoms with E-state index in [4.69, 9.17) is 9.47 Å². The Bertz CT molecular complexity index is 2160. The monoisotopic (exact) mass is 684 g/mol. The molecule has 0 saturated heterocycles. The molecule has 0 radical (unpaired) electrons. The Kier molecular flexibility index (Phi) is 8.25. The summed E-state index contributed by atoms with van der Waals surface area (Å²) in [6.07, 6.45) is -9.46. The molecule has 256 valence electrons. The van der Waals surface area contributed by atoms with Crippen LogP contribution in [-0.2, 0) is 34.8 Å². The lowest BCUT2D eigenvalue weighted by Crippen LogP contribution is -2.28. The first kappa shape index (κ1) is 34.0. The molecule has 1 N–H and O–H groups in total. The van der Waals surface area contributed by atoms with Gasteiger partial charge in [-0.2, -0.15) is 26.3 Å². The van der Waals surface area contributed by atoms with Gasteiger partial charge in [0.2, 0.25) is 0 Å². The van der Waals surface area contributed by atoms with E-state index >= 15 is 0 Å². The van der Waals surface area contributed by atoms with E-state index in [0.29, 0.717) is 63.9 Å². The molecule has 0 unspecified atom stereocenters. The molecule has 3 heterocycles. The number of hydrogen-bond acceptors (Lipinski definition) is 5. The van der Waals surface area contributed by atoms with Gasteiger partial charge in [0.15, 0.2) is 6.10 Å². The average Bonchev–Trinajstić information content (AvgIpc) is 3.00. The van der Waals surface area contributed by atoms with Crippen LogP contribution in [0.2, 0.25) is 0 Å². The molecule has 3 aromatic carbocycles. The van der Waals surface area contributed by atoms with Crippen molar-refractivity contribution in [1.29, 1.82) is 0 Å². The van der Waals surface area contributed by atoms with Gasteiger partial charge in [-0.05, 0) is 98.5 Å². The van der Waals surface area contributed by atoms with Crippen molar-refractivity contribution in [2.45, 2.75) is 64.7 Å².